The van der Waals surface area contributed by atoms with E-state index in [9.17, 15) is 28.0 Å². The molecule has 3 rings (SSSR count). The van der Waals surface area contributed by atoms with Crippen LogP contribution >= 0.6 is 0 Å². The van der Waals surface area contributed by atoms with Crippen LogP contribution in [0.15, 0.2) is 65.5 Å². The van der Waals surface area contributed by atoms with Gasteiger partial charge in [0, 0.05) is 5.56 Å². The summed E-state index contributed by atoms with van der Waals surface area (Å²) in [6.45, 7) is -0.705. The molecule has 0 saturated carbocycles. The Morgan fingerprint density at radius 2 is 1.81 bits per heavy atom. The first-order chi connectivity index (χ1) is 14.7. The van der Waals surface area contributed by atoms with Gasteiger partial charge in [0.05, 0.1) is 17.8 Å². The number of rotatable bonds is 6. The number of benzene rings is 2. The van der Waals surface area contributed by atoms with Gasteiger partial charge >= 0.3 is 12.1 Å². The predicted octanol–water partition coefficient (Wildman–Crippen LogP) is 3.92. The first-order valence-electron chi connectivity index (χ1n) is 8.95. The molecule has 1 N–H and O–H groups in total. The number of carboxylic acids is 1. The van der Waals surface area contributed by atoms with Crippen LogP contribution in [0.5, 0.6) is 5.75 Å². The van der Waals surface area contributed by atoms with Gasteiger partial charge in [-0.2, -0.15) is 18.4 Å². The summed E-state index contributed by atoms with van der Waals surface area (Å²) in [7, 11) is 0. The Morgan fingerprint density at radius 3 is 2.42 bits per heavy atom. The zero-order chi connectivity index (χ0) is 22.6. The third-order valence-electron chi connectivity index (χ3n) is 4.39. The summed E-state index contributed by atoms with van der Waals surface area (Å²) >= 11 is 0. The van der Waals surface area contributed by atoms with Crippen LogP contribution in [0.3, 0.4) is 0 Å². The van der Waals surface area contributed by atoms with E-state index in [-0.39, 0.29) is 23.6 Å². The summed E-state index contributed by atoms with van der Waals surface area (Å²) in [6, 6.07) is 16.4. The van der Waals surface area contributed by atoms with Crippen molar-refractivity contribution in [2.75, 3.05) is 6.61 Å². The molecule has 0 aliphatic rings. The van der Waals surface area contributed by atoms with Crippen LogP contribution in [0.25, 0.3) is 11.3 Å². The standard InChI is InChI=1S/C22H15F3N2O4/c23-22(24,25)18-10-19(15-7-4-8-16(9-15)31-13-20(28)29)27(21(30)17(18)11-26)12-14-5-2-1-3-6-14/h1-10H,12-13H2,(H,28,29). The van der Waals surface area contributed by atoms with E-state index >= 15 is 0 Å². The smallest absolute Gasteiger partial charge is 0.417 e. The van der Waals surface area contributed by atoms with Crippen LogP contribution < -0.4 is 10.3 Å². The maximum absolute atomic E-state index is 13.6. The van der Waals surface area contributed by atoms with E-state index in [2.05, 4.69) is 0 Å². The van der Waals surface area contributed by atoms with Crippen LogP contribution in [-0.4, -0.2) is 22.2 Å². The molecule has 0 amide bonds. The molecule has 1 aromatic heterocycles. The van der Waals surface area contributed by atoms with Crippen LogP contribution in [0.4, 0.5) is 13.2 Å². The Morgan fingerprint density at radius 1 is 1.10 bits per heavy atom. The highest BCUT2D eigenvalue weighted by molar-refractivity contribution is 5.69. The van der Waals surface area contributed by atoms with Gasteiger partial charge in [-0.05, 0) is 23.8 Å². The van der Waals surface area contributed by atoms with Gasteiger partial charge in [0.25, 0.3) is 5.56 Å². The summed E-state index contributed by atoms with van der Waals surface area (Å²) in [5, 5.41) is 18.0. The molecule has 31 heavy (non-hydrogen) atoms. The molecule has 3 aromatic rings. The number of hydrogen-bond acceptors (Lipinski definition) is 4. The summed E-state index contributed by atoms with van der Waals surface area (Å²) in [5.41, 5.74) is -2.64. The van der Waals surface area contributed by atoms with Crippen molar-refractivity contribution in [2.24, 2.45) is 0 Å². The number of pyridine rings is 1. The number of alkyl halides is 3. The lowest BCUT2D eigenvalue weighted by Gasteiger charge is -2.18. The zero-order valence-corrected chi connectivity index (χ0v) is 15.9. The van der Waals surface area contributed by atoms with Gasteiger partial charge in [0.15, 0.2) is 6.61 Å². The molecule has 0 unspecified atom stereocenters. The van der Waals surface area contributed by atoms with Gasteiger partial charge in [-0.3, -0.25) is 4.79 Å². The lowest BCUT2D eigenvalue weighted by Crippen LogP contribution is -2.28. The monoisotopic (exact) mass is 428 g/mol. The molecule has 0 atom stereocenters. The fourth-order valence-corrected chi connectivity index (χ4v) is 3.03. The predicted molar refractivity (Wildman–Crippen MR) is 105 cm³/mol. The topological polar surface area (TPSA) is 92.3 Å². The van der Waals surface area contributed by atoms with E-state index < -0.39 is 35.4 Å². The van der Waals surface area contributed by atoms with Crippen molar-refractivity contribution in [1.29, 1.82) is 5.26 Å². The van der Waals surface area contributed by atoms with E-state index in [1.54, 1.807) is 30.3 Å². The molecule has 0 spiro atoms. The van der Waals surface area contributed by atoms with Crippen LogP contribution in [-0.2, 0) is 17.5 Å². The van der Waals surface area contributed by atoms with Gasteiger partial charge in [0.2, 0.25) is 0 Å². The molecule has 158 valence electrons. The second-order valence-electron chi connectivity index (χ2n) is 6.51. The van der Waals surface area contributed by atoms with E-state index in [0.717, 1.165) is 10.6 Å². The Kier molecular flexibility index (Phi) is 6.11. The summed E-state index contributed by atoms with van der Waals surface area (Å²) in [6.07, 6.45) is -4.91. The van der Waals surface area contributed by atoms with Gasteiger partial charge in [0.1, 0.15) is 17.4 Å². The highest BCUT2D eigenvalue weighted by atomic mass is 19.4. The Hall–Kier alpha value is -4.06. The largest absolute Gasteiger partial charge is 0.482 e. The normalized spacial score (nSPS) is 11.0. The number of hydrogen-bond donors (Lipinski definition) is 1. The molecule has 0 aliphatic carbocycles. The molecule has 0 saturated heterocycles. The third kappa shape index (κ3) is 4.93. The first-order valence-corrected chi connectivity index (χ1v) is 8.95. The van der Waals surface area contributed by atoms with Crippen molar-refractivity contribution in [1.82, 2.24) is 4.57 Å². The minimum Gasteiger partial charge on any atom is -0.482 e. The number of halogens is 3. The summed E-state index contributed by atoms with van der Waals surface area (Å²) < 4.78 is 46.9. The van der Waals surface area contributed by atoms with Crippen molar-refractivity contribution in [3.8, 4) is 23.1 Å². The Labute approximate surface area is 174 Å². The maximum Gasteiger partial charge on any atom is 0.417 e. The fraction of sp³-hybridized carbons (Fsp3) is 0.136. The van der Waals surface area contributed by atoms with Crippen LogP contribution in [0.2, 0.25) is 0 Å². The first kappa shape index (κ1) is 21.6. The zero-order valence-electron chi connectivity index (χ0n) is 15.9. The maximum atomic E-state index is 13.6. The molecule has 0 bridgehead atoms. The summed E-state index contributed by atoms with van der Waals surface area (Å²) in [4.78, 5) is 23.6. The minimum absolute atomic E-state index is 0.0674. The van der Waals surface area contributed by atoms with Crippen molar-refractivity contribution >= 4 is 5.97 Å². The van der Waals surface area contributed by atoms with E-state index in [1.807, 2.05) is 0 Å². The minimum atomic E-state index is -4.91. The lowest BCUT2D eigenvalue weighted by atomic mass is 10.0. The Balaban J connectivity index is 2.23. The second kappa shape index (κ2) is 8.75. The number of nitrogens with zero attached hydrogens (tertiary/aromatic N) is 2. The number of ether oxygens (including phenoxy) is 1. The molecule has 6 nitrogen and oxygen atoms in total. The number of aromatic nitrogens is 1. The van der Waals surface area contributed by atoms with Gasteiger partial charge in [-0.1, -0.05) is 42.5 Å². The van der Waals surface area contributed by atoms with E-state index in [4.69, 9.17) is 9.84 Å². The molecule has 0 aliphatic heterocycles. The second-order valence-corrected chi connectivity index (χ2v) is 6.51. The van der Waals surface area contributed by atoms with Crippen molar-refractivity contribution in [2.45, 2.75) is 12.7 Å². The highest BCUT2D eigenvalue weighted by Crippen LogP contribution is 2.34. The number of aliphatic carboxylic acids is 1. The number of nitriles is 1. The SMILES string of the molecule is N#Cc1c(C(F)(F)F)cc(-c2cccc(OCC(=O)O)c2)n(Cc2ccccc2)c1=O. The molecular formula is C22H15F3N2O4. The van der Waals surface area contributed by atoms with Crippen molar-refractivity contribution < 1.29 is 27.8 Å². The molecule has 1 heterocycles. The van der Waals surface area contributed by atoms with E-state index in [0.29, 0.717) is 5.56 Å². The molecular weight excluding hydrogens is 413 g/mol. The summed E-state index contributed by atoms with van der Waals surface area (Å²) in [5.74, 6) is -1.11. The quantitative estimate of drug-likeness (QED) is 0.643. The number of carbonyl (C=O) groups is 1. The van der Waals surface area contributed by atoms with E-state index in [1.165, 1.54) is 30.3 Å². The van der Waals surface area contributed by atoms with Crippen LogP contribution in [0.1, 0.15) is 16.7 Å². The number of carboxylic acid groups (broad SMARTS) is 1. The molecule has 9 heteroatoms. The van der Waals surface area contributed by atoms with Crippen molar-refractivity contribution in [3.63, 3.8) is 0 Å². The third-order valence-corrected chi connectivity index (χ3v) is 4.39. The molecule has 2 aromatic carbocycles. The molecule has 0 fully saturated rings. The van der Waals surface area contributed by atoms with Gasteiger partial charge in [-0.25, -0.2) is 4.79 Å². The average Bonchev–Trinajstić information content (AvgIpc) is 2.73. The highest BCUT2D eigenvalue weighted by Gasteiger charge is 2.36. The average molecular weight is 428 g/mol. The fourth-order valence-electron chi connectivity index (χ4n) is 3.03. The lowest BCUT2D eigenvalue weighted by molar-refractivity contribution is -0.139. The van der Waals surface area contributed by atoms with Gasteiger partial charge in [-0.15, -0.1) is 0 Å². The van der Waals surface area contributed by atoms with Crippen LogP contribution in [0, 0.1) is 11.3 Å². The Bertz CT molecular complexity index is 1210. The van der Waals surface area contributed by atoms with Gasteiger partial charge < -0.3 is 14.4 Å². The van der Waals surface area contributed by atoms with Crippen molar-refractivity contribution in [3.05, 3.63) is 87.7 Å². The molecule has 0 radical (unpaired) electrons.